The summed E-state index contributed by atoms with van der Waals surface area (Å²) < 4.78 is 49.9. The lowest BCUT2D eigenvalue weighted by atomic mass is 10.2. The van der Waals surface area contributed by atoms with Crippen LogP contribution in [-0.2, 0) is 10.0 Å². The van der Waals surface area contributed by atoms with Crippen molar-refractivity contribution in [1.29, 1.82) is 5.26 Å². The first kappa shape index (κ1) is 15.5. The van der Waals surface area contributed by atoms with Gasteiger partial charge in [0.05, 0.1) is 23.1 Å². The van der Waals surface area contributed by atoms with Crippen molar-refractivity contribution < 1.29 is 17.2 Å². The number of hydrogen-bond donors (Lipinski definition) is 0. The van der Waals surface area contributed by atoms with Gasteiger partial charge in [-0.2, -0.15) is 9.57 Å². The summed E-state index contributed by atoms with van der Waals surface area (Å²) in [6.07, 6.45) is -2.28. The van der Waals surface area contributed by atoms with Gasteiger partial charge in [-0.15, -0.1) is 0 Å². The van der Waals surface area contributed by atoms with Crippen LogP contribution in [0.1, 0.15) is 18.9 Å². The minimum absolute atomic E-state index is 0.0344. The van der Waals surface area contributed by atoms with Crippen molar-refractivity contribution in [3.8, 4) is 6.07 Å². The quantitative estimate of drug-likeness (QED) is 0.806. The Bertz CT molecular complexity index is 550. The van der Waals surface area contributed by atoms with Gasteiger partial charge in [0.25, 0.3) is 6.43 Å². The summed E-state index contributed by atoms with van der Waals surface area (Å²) in [5.74, 6) is 0. The molecule has 0 bridgehead atoms. The smallest absolute Gasteiger partial charge is 0.209 e. The van der Waals surface area contributed by atoms with Crippen LogP contribution >= 0.6 is 0 Å². The zero-order valence-corrected chi connectivity index (χ0v) is 11.2. The van der Waals surface area contributed by atoms with Crippen LogP contribution in [0.15, 0.2) is 29.2 Å². The molecule has 0 saturated carbocycles. The second-order valence-electron chi connectivity index (χ2n) is 3.89. The van der Waals surface area contributed by atoms with E-state index in [4.69, 9.17) is 5.26 Å². The van der Waals surface area contributed by atoms with Gasteiger partial charge in [0.2, 0.25) is 10.0 Å². The molecule has 0 atom stereocenters. The summed E-state index contributed by atoms with van der Waals surface area (Å²) in [6, 6.07) is 7.06. The third kappa shape index (κ3) is 3.98. The van der Waals surface area contributed by atoms with Crippen LogP contribution in [0.5, 0.6) is 0 Å². The Kier molecular flexibility index (Phi) is 5.39. The predicted octanol–water partition coefficient (Wildman–Crippen LogP) is 2.22. The van der Waals surface area contributed by atoms with Crippen LogP contribution in [0, 0.1) is 11.3 Å². The standard InChI is InChI=1S/C12H14F2N2O2S/c1-2-7-16(9-12(13)14)19(17,18)11-5-3-10(8-15)4-6-11/h3-6,12H,2,7,9H2,1H3. The van der Waals surface area contributed by atoms with E-state index in [9.17, 15) is 17.2 Å². The molecule has 4 nitrogen and oxygen atoms in total. The highest BCUT2D eigenvalue weighted by molar-refractivity contribution is 7.89. The van der Waals surface area contributed by atoms with Crippen LogP contribution in [0.2, 0.25) is 0 Å². The number of hydrogen-bond acceptors (Lipinski definition) is 3. The van der Waals surface area contributed by atoms with E-state index in [0.717, 1.165) is 4.31 Å². The number of rotatable bonds is 6. The number of alkyl halides is 2. The van der Waals surface area contributed by atoms with Gasteiger partial charge in [-0.1, -0.05) is 6.92 Å². The molecule has 1 rings (SSSR count). The lowest BCUT2D eigenvalue weighted by molar-refractivity contribution is 0.119. The Morgan fingerprint density at radius 1 is 1.32 bits per heavy atom. The number of nitrogens with zero attached hydrogens (tertiary/aromatic N) is 2. The molecule has 0 fully saturated rings. The molecule has 0 spiro atoms. The van der Waals surface area contributed by atoms with Crippen molar-refractivity contribution in [2.24, 2.45) is 0 Å². The molecule has 0 aliphatic rings. The Morgan fingerprint density at radius 3 is 2.32 bits per heavy atom. The van der Waals surface area contributed by atoms with Crippen LogP contribution in [-0.4, -0.2) is 32.2 Å². The highest BCUT2D eigenvalue weighted by Gasteiger charge is 2.26. The molecule has 0 aliphatic heterocycles. The van der Waals surface area contributed by atoms with Crippen molar-refractivity contribution >= 4 is 10.0 Å². The minimum atomic E-state index is -3.94. The average molecular weight is 288 g/mol. The highest BCUT2D eigenvalue weighted by Crippen LogP contribution is 2.17. The van der Waals surface area contributed by atoms with Crippen molar-refractivity contribution in [3.05, 3.63) is 29.8 Å². The van der Waals surface area contributed by atoms with E-state index in [2.05, 4.69) is 0 Å². The van der Waals surface area contributed by atoms with Gasteiger partial charge in [0, 0.05) is 6.54 Å². The van der Waals surface area contributed by atoms with Gasteiger partial charge in [-0.25, -0.2) is 17.2 Å². The molecule has 7 heteroatoms. The largest absolute Gasteiger partial charge is 0.252 e. The molecule has 1 aromatic rings. The number of benzene rings is 1. The normalized spacial score (nSPS) is 11.8. The molecule has 19 heavy (non-hydrogen) atoms. The van der Waals surface area contributed by atoms with Gasteiger partial charge in [-0.05, 0) is 30.7 Å². The molecule has 0 aromatic heterocycles. The van der Waals surface area contributed by atoms with Crippen molar-refractivity contribution in [3.63, 3.8) is 0 Å². The molecule has 104 valence electrons. The fourth-order valence-corrected chi connectivity index (χ4v) is 3.07. The maximum atomic E-state index is 12.4. The van der Waals surface area contributed by atoms with Gasteiger partial charge in [0.15, 0.2) is 0 Å². The van der Waals surface area contributed by atoms with Gasteiger partial charge < -0.3 is 0 Å². The van der Waals surface area contributed by atoms with E-state index >= 15 is 0 Å². The van der Waals surface area contributed by atoms with Crippen LogP contribution in [0.25, 0.3) is 0 Å². The summed E-state index contributed by atoms with van der Waals surface area (Å²) in [7, 11) is -3.94. The van der Waals surface area contributed by atoms with E-state index in [-0.39, 0.29) is 11.4 Å². The van der Waals surface area contributed by atoms with E-state index in [1.807, 2.05) is 6.07 Å². The second kappa shape index (κ2) is 6.59. The van der Waals surface area contributed by atoms with Crippen molar-refractivity contribution in [1.82, 2.24) is 4.31 Å². The molecule has 0 saturated heterocycles. The summed E-state index contributed by atoms with van der Waals surface area (Å²) >= 11 is 0. The molecule has 0 N–H and O–H groups in total. The Hall–Kier alpha value is -1.52. The maximum absolute atomic E-state index is 12.4. The Labute approximate surface area is 111 Å². The van der Waals surface area contributed by atoms with Gasteiger partial charge in [-0.3, -0.25) is 0 Å². The fraction of sp³-hybridized carbons (Fsp3) is 0.417. The molecule has 0 amide bonds. The first-order valence-corrected chi connectivity index (χ1v) is 7.14. The lowest BCUT2D eigenvalue weighted by Gasteiger charge is -2.21. The van der Waals surface area contributed by atoms with E-state index in [1.165, 1.54) is 24.3 Å². The van der Waals surface area contributed by atoms with Crippen LogP contribution in [0.3, 0.4) is 0 Å². The zero-order valence-electron chi connectivity index (χ0n) is 10.4. The number of sulfonamides is 1. The summed E-state index contributed by atoms with van der Waals surface area (Å²) in [4.78, 5) is -0.0828. The molecule has 0 heterocycles. The lowest BCUT2D eigenvalue weighted by Crippen LogP contribution is -2.35. The molecule has 0 radical (unpaired) electrons. The number of halogens is 2. The van der Waals surface area contributed by atoms with Gasteiger partial charge in [0.1, 0.15) is 0 Å². The van der Waals surface area contributed by atoms with Crippen LogP contribution < -0.4 is 0 Å². The molecular formula is C12H14F2N2O2S. The zero-order chi connectivity index (χ0) is 14.5. The third-order valence-electron chi connectivity index (χ3n) is 2.44. The molecule has 0 unspecified atom stereocenters. The predicted molar refractivity (Wildman–Crippen MR) is 66.2 cm³/mol. The summed E-state index contributed by atoms with van der Waals surface area (Å²) in [5.41, 5.74) is 0.315. The van der Waals surface area contributed by atoms with Crippen molar-refractivity contribution in [2.45, 2.75) is 24.7 Å². The average Bonchev–Trinajstić information content (AvgIpc) is 2.38. The minimum Gasteiger partial charge on any atom is -0.209 e. The van der Waals surface area contributed by atoms with E-state index in [0.29, 0.717) is 12.0 Å². The van der Waals surface area contributed by atoms with E-state index in [1.54, 1.807) is 6.92 Å². The first-order chi connectivity index (χ1) is 8.91. The SMILES string of the molecule is CCCN(CC(F)F)S(=O)(=O)c1ccc(C#N)cc1. The molecule has 0 aliphatic carbocycles. The second-order valence-corrected chi connectivity index (χ2v) is 5.83. The molecular weight excluding hydrogens is 274 g/mol. The van der Waals surface area contributed by atoms with Gasteiger partial charge >= 0.3 is 0 Å². The first-order valence-electron chi connectivity index (χ1n) is 5.70. The molecule has 1 aromatic carbocycles. The maximum Gasteiger partial charge on any atom is 0.252 e. The highest BCUT2D eigenvalue weighted by atomic mass is 32.2. The number of nitriles is 1. The monoisotopic (exact) mass is 288 g/mol. The summed E-state index contributed by atoms with van der Waals surface area (Å²) in [5, 5.41) is 8.63. The third-order valence-corrected chi connectivity index (χ3v) is 4.32. The Morgan fingerprint density at radius 2 is 1.89 bits per heavy atom. The topological polar surface area (TPSA) is 61.2 Å². The van der Waals surface area contributed by atoms with Crippen LogP contribution in [0.4, 0.5) is 8.78 Å². The Balaban J connectivity index is 3.07. The fourth-order valence-electron chi connectivity index (χ4n) is 1.56. The summed E-state index contributed by atoms with van der Waals surface area (Å²) in [6.45, 7) is 0.926. The van der Waals surface area contributed by atoms with E-state index < -0.39 is 23.0 Å². The van der Waals surface area contributed by atoms with Crippen molar-refractivity contribution in [2.75, 3.05) is 13.1 Å².